The molecule has 0 fully saturated rings. The van der Waals surface area contributed by atoms with Crippen LogP contribution in [0.5, 0.6) is 0 Å². The van der Waals surface area contributed by atoms with E-state index in [4.69, 9.17) is 4.98 Å². The molecule has 0 aliphatic carbocycles. The Balaban J connectivity index is 1.35. The normalized spacial score (nSPS) is 11.8. The first-order chi connectivity index (χ1) is 19.7. The number of fused-ring (bicyclic) bond motifs is 9. The summed E-state index contributed by atoms with van der Waals surface area (Å²) < 4.78 is 2.63. The van der Waals surface area contributed by atoms with Crippen molar-refractivity contribution >= 4 is 63.8 Å². The monoisotopic (exact) mass is 529 g/mol. The van der Waals surface area contributed by atoms with Gasteiger partial charge in [0.05, 0.1) is 5.69 Å². The fraction of sp³-hybridized carbons (Fsp3) is 0.0789. The van der Waals surface area contributed by atoms with Crippen molar-refractivity contribution in [1.29, 1.82) is 0 Å². The number of benzene rings is 6. The van der Waals surface area contributed by atoms with E-state index in [1.165, 1.54) is 80.3 Å². The third-order valence-corrected chi connectivity index (χ3v) is 9.65. The number of aryl methyl sites for hydroxylation is 2. The summed E-state index contributed by atoms with van der Waals surface area (Å²) in [6.07, 6.45) is 3.06. The molecule has 8 aromatic rings. The van der Waals surface area contributed by atoms with Crippen molar-refractivity contribution in [2.45, 2.75) is 20.3 Å². The number of nitrogens with zero attached hydrogens (tertiary/aromatic N) is 1. The van der Waals surface area contributed by atoms with E-state index in [0.29, 0.717) is 0 Å². The number of rotatable bonds is 3. The van der Waals surface area contributed by atoms with Crippen molar-refractivity contribution in [3.8, 4) is 22.4 Å². The number of aromatic nitrogens is 1. The van der Waals surface area contributed by atoms with E-state index < -0.39 is 0 Å². The van der Waals surface area contributed by atoms with Gasteiger partial charge < -0.3 is 0 Å². The van der Waals surface area contributed by atoms with Crippen LogP contribution < -0.4 is 0 Å². The fourth-order valence-corrected chi connectivity index (χ4v) is 7.70. The van der Waals surface area contributed by atoms with Gasteiger partial charge in [0.25, 0.3) is 0 Å². The standard InChI is InChI=1S/C38H27NS/c1-3-24-20-36(31-17-10-16-30-29-15-8-9-18-37(29)40-38(30)31)39-22-35(24)32-21-34-28-14-7-5-12-26(28)25-11-4-6-13-27(25)33(34)19-23(32)2/h4-22H,3H2,1-2H3. The minimum Gasteiger partial charge on any atom is -0.256 e. The van der Waals surface area contributed by atoms with Crippen LogP contribution in [0.1, 0.15) is 18.1 Å². The second-order valence-electron chi connectivity index (χ2n) is 10.7. The van der Waals surface area contributed by atoms with Crippen molar-refractivity contribution in [2.24, 2.45) is 0 Å². The molecule has 0 spiro atoms. The molecule has 6 aromatic carbocycles. The lowest BCUT2D eigenvalue weighted by Gasteiger charge is -2.16. The van der Waals surface area contributed by atoms with Gasteiger partial charge in [0.2, 0.25) is 0 Å². The molecule has 0 N–H and O–H groups in total. The van der Waals surface area contributed by atoms with Crippen LogP contribution in [0, 0.1) is 6.92 Å². The molecule has 2 heterocycles. The number of hydrogen-bond donors (Lipinski definition) is 0. The van der Waals surface area contributed by atoms with E-state index in [-0.39, 0.29) is 0 Å². The maximum Gasteiger partial charge on any atom is 0.0719 e. The van der Waals surface area contributed by atoms with Gasteiger partial charge in [0.15, 0.2) is 0 Å². The second-order valence-corrected chi connectivity index (χ2v) is 11.7. The summed E-state index contributed by atoms with van der Waals surface area (Å²) in [5.41, 5.74) is 7.37. The molecule has 40 heavy (non-hydrogen) atoms. The van der Waals surface area contributed by atoms with Gasteiger partial charge in [-0.1, -0.05) is 97.9 Å². The average molecular weight is 530 g/mol. The van der Waals surface area contributed by atoms with E-state index in [0.717, 1.165) is 12.1 Å². The molecule has 0 aliphatic heterocycles. The summed E-state index contributed by atoms with van der Waals surface area (Å²) in [5.74, 6) is 0. The van der Waals surface area contributed by atoms with Crippen LogP contribution in [0.4, 0.5) is 0 Å². The molecule has 190 valence electrons. The summed E-state index contributed by atoms with van der Waals surface area (Å²) in [6.45, 7) is 4.49. The third kappa shape index (κ3) is 3.43. The smallest absolute Gasteiger partial charge is 0.0719 e. The molecular formula is C38H27NS. The van der Waals surface area contributed by atoms with Gasteiger partial charge in [0, 0.05) is 37.5 Å². The summed E-state index contributed by atoms with van der Waals surface area (Å²) in [4.78, 5) is 5.09. The Bertz CT molecular complexity index is 2270. The molecule has 0 atom stereocenters. The molecule has 2 heteroatoms. The summed E-state index contributed by atoms with van der Waals surface area (Å²) in [7, 11) is 0. The minimum atomic E-state index is 0.948. The van der Waals surface area contributed by atoms with E-state index in [1.807, 2.05) is 11.3 Å². The Kier molecular flexibility index (Phi) is 5.26. The zero-order valence-corrected chi connectivity index (χ0v) is 23.3. The van der Waals surface area contributed by atoms with Crippen LogP contribution in [0.3, 0.4) is 0 Å². The lowest BCUT2D eigenvalue weighted by molar-refractivity contribution is 1.12. The summed E-state index contributed by atoms with van der Waals surface area (Å²) in [5, 5.41) is 10.5. The van der Waals surface area contributed by atoms with Gasteiger partial charge in [-0.25, -0.2) is 0 Å². The lowest BCUT2D eigenvalue weighted by atomic mass is 9.88. The van der Waals surface area contributed by atoms with Gasteiger partial charge in [-0.05, 0) is 80.6 Å². The maximum atomic E-state index is 5.09. The summed E-state index contributed by atoms with van der Waals surface area (Å²) in [6, 6.07) is 40.0. The predicted octanol–water partition coefficient (Wildman–Crippen LogP) is 11.1. The zero-order chi connectivity index (χ0) is 26.8. The van der Waals surface area contributed by atoms with Crippen LogP contribution >= 0.6 is 11.3 Å². The van der Waals surface area contributed by atoms with Crippen molar-refractivity contribution < 1.29 is 0 Å². The quantitative estimate of drug-likeness (QED) is 0.207. The molecule has 2 aromatic heterocycles. The minimum absolute atomic E-state index is 0.948. The van der Waals surface area contributed by atoms with Gasteiger partial charge in [0.1, 0.15) is 0 Å². The van der Waals surface area contributed by atoms with E-state index in [2.05, 4.69) is 129 Å². The highest BCUT2D eigenvalue weighted by Gasteiger charge is 2.16. The Morgan fingerprint density at radius 3 is 1.85 bits per heavy atom. The topological polar surface area (TPSA) is 12.9 Å². The second kappa shape index (κ2) is 9.01. The van der Waals surface area contributed by atoms with Crippen molar-refractivity contribution in [1.82, 2.24) is 4.98 Å². The van der Waals surface area contributed by atoms with Crippen LogP contribution in [0.2, 0.25) is 0 Å². The Morgan fingerprint density at radius 1 is 0.550 bits per heavy atom. The summed E-state index contributed by atoms with van der Waals surface area (Å²) >= 11 is 1.86. The number of thiophene rings is 1. The lowest BCUT2D eigenvalue weighted by Crippen LogP contribution is -1.95. The van der Waals surface area contributed by atoms with Crippen molar-refractivity contribution in [2.75, 3.05) is 0 Å². The van der Waals surface area contributed by atoms with E-state index >= 15 is 0 Å². The Hall–Kier alpha value is -4.53. The molecule has 8 rings (SSSR count). The van der Waals surface area contributed by atoms with Gasteiger partial charge in [-0.15, -0.1) is 11.3 Å². The van der Waals surface area contributed by atoms with Crippen molar-refractivity contribution in [3.05, 3.63) is 127 Å². The highest BCUT2D eigenvalue weighted by Crippen LogP contribution is 2.42. The first-order valence-electron chi connectivity index (χ1n) is 13.9. The van der Waals surface area contributed by atoms with Crippen LogP contribution in [0.15, 0.2) is 115 Å². The largest absolute Gasteiger partial charge is 0.256 e. The van der Waals surface area contributed by atoms with Gasteiger partial charge in [-0.3, -0.25) is 4.98 Å². The first-order valence-corrected chi connectivity index (χ1v) is 14.8. The fourth-order valence-electron chi connectivity index (χ4n) is 6.48. The molecule has 0 saturated carbocycles. The van der Waals surface area contributed by atoms with E-state index in [9.17, 15) is 0 Å². The Labute approximate surface area is 237 Å². The molecule has 0 bridgehead atoms. The van der Waals surface area contributed by atoms with Crippen molar-refractivity contribution in [3.63, 3.8) is 0 Å². The molecule has 0 amide bonds. The number of hydrogen-bond acceptors (Lipinski definition) is 2. The SMILES string of the molecule is CCc1cc(-c2cccc3c2sc2ccccc23)ncc1-c1cc2c3ccccc3c3ccccc3c2cc1C. The maximum absolute atomic E-state index is 5.09. The first kappa shape index (κ1) is 23.4. The van der Waals surface area contributed by atoms with Crippen LogP contribution in [-0.4, -0.2) is 4.98 Å². The average Bonchev–Trinajstić information content (AvgIpc) is 3.40. The number of pyridine rings is 1. The van der Waals surface area contributed by atoms with Crippen LogP contribution in [-0.2, 0) is 6.42 Å². The molecule has 0 unspecified atom stereocenters. The molecule has 0 aliphatic rings. The van der Waals surface area contributed by atoms with Gasteiger partial charge in [-0.2, -0.15) is 0 Å². The molecule has 1 nitrogen and oxygen atoms in total. The Morgan fingerprint density at radius 2 is 1.15 bits per heavy atom. The molecule has 0 saturated heterocycles. The van der Waals surface area contributed by atoms with E-state index in [1.54, 1.807) is 0 Å². The predicted molar refractivity (Wildman–Crippen MR) is 175 cm³/mol. The highest BCUT2D eigenvalue weighted by atomic mass is 32.1. The highest BCUT2D eigenvalue weighted by molar-refractivity contribution is 7.26. The third-order valence-electron chi connectivity index (χ3n) is 8.43. The zero-order valence-electron chi connectivity index (χ0n) is 22.5. The molecule has 0 radical (unpaired) electrons. The van der Waals surface area contributed by atoms with Gasteiger partial charge >= 0.3 is 0 Å². The molecular weight excluding hydrogens is 502 g/mol. The van der Waals surface area contributed by atoms with Crippen LogP contribution in [0.25, 0.3) is 74.9 Å².